The summed E-state index contributed by atoms with van der Waals surface area (Å²) in [5.41, 5.74) is -0.387. The largest absolute Gasteiger partial charge is 0.481 e. The molecule has 4 nitrogen and oxygen atoms in total. The summed E-state index contributed by atoms with van der Waals surface area (Å²) in [4.78, 5) is 24.2. The van der Waals surface area contributed by atoms with E-state index in [-0.39, 0.29) is 11.4 Å². The van der Waals surface area contributed by atoms with E-state index in [1.54, 1.807) is 0 Å². The Morgan fingerprint density at radius 1 is 0.667 bits per heavy atom. The number of carbonyl (C=O) groups is 2. The first kappa shape index (κ1) is 37.9. The summed E-state index contributed by atoms with van der Waals surface area (Å²) < 4.78 is 6.09. The molecular weight excluding hydrogens is 484 g/mol. The van der Waals surface area contributed by atoms with Crippen LogP contribution in [0.4, 0.5) is 0 Å². The molecule has 4 atom stereocenters. The van der Waals surface area contributed by atoms with Crippen LogP contribution in [0.1, 0.15) is 183 Å². The quantitative estimate of drug-likeness (QED) is 0.0774. The molecule has 39 heavy (non-hydrogen) atoms. The third-order valence-electron chi connectivity index (χ3n) is 9.33. The topological polar surface area (TPSA) is 63.6 Å². The minimum absolute atomic E-state index is 0.0582. The highest BCUT2D eigenvalue weighted by molar-refractivity contribution is 5.76. The molecule has 4 unspecified atom stereocenters. The van der Waals surface area contributed by atoms with Crippen molar-refractivity contribution in [2.75, 3.05) is 6.61 Å². The maximum atomic E-state index is 13.6. The number of rotatable bonds is 28. The van der Waals surface area contributed by atoms with E-state index < -0.39 is 5.97 Å². The molecule has 0 heterocycles. The van der Waals surface area contributed by atoms with E-state index in [0.717, 1.165) is 44.9 Å². The number of esters is 1. The van der Waals surface area contributed by atoms with E-state index in [4.69, 9.17) is 9.84 Å². The van der Waals surface area contributed by atoms with Crippen molar-refractivity contribution < 1.29 is 19.4 Å². The van der Waals surface area contributed by atoms with Crippen LogP contribution in [-0.4, -0.2) is 23.7 Å². The second-order valence-corrected chi connectivity index (χ2v) is 12.8. The Kier molecular flexibility index (Phi) is 24.0. The van der Waals surface area contributed by atoms with Gasteiger partial charge in [0.25, 0.3) is 0 Å². The van der Waals surface area contributed by atoms with E-state index in [0.29, 0.717) is 30.8 Å². The average molecular weight is 553 g/mol. The third kappa shape index (κ3) is 18.8. The Labute approximate surface area is 243 Å². The van der Waals surface area contributed by atoms with Crippen molar-refractivity contribution in [1.82, 2.24) is 0 Å². The van der Waals surface area contributed by atoms with Crippen LogP contribution in [0.3, 0.4) is 0 Å². The van der Waals surface area contributed by atoms with Crippen LogP contribution < -0.4 is 0 Å². The van der Waals surface area contributed by atoms with Crippen LogP contribution in [0, 0.1) is 23.2 Å². The summed E-state index contributed by atoms with van der Waals surface area (Å²) >= 11 is 0. The van der Waals surface area contributed by atoms with Gasteiger partial charge in [-0.25, -0.2) is 0 Å². The predicted octanol–water partition coefficient (Wildman–Crippen LogP) is 11.2. The Morgan fingerprint density at radius 2 is 1.13 bits per heavy atom. The van der Waals surface area contributed by atoms with Crippen LogP contribution in [0.2, 0.25) is 0 Å². The molecule has 0 aliphatic carbocycles. The molecule has 0 saturated heterocycles. The van der Waals surface area contributed by atoms with Gasteiger partial charge in [-0.15, -0.1) is 0 Å². The van der Waals surface area contributed by atoms with Crippen LogP contribution in [0.25, 0.3) is 0 Å². The van der Waals surface area contributed by atoms with Crippen LogP contribution in [0.5, 0.6) is 0 Å². The summed E-state index contributed by atoms with van der Waals surface area (Å²) in [7, 11) is 0. The monoisotopic (exact) mass is 553 g/mol. The van der Waals surface area contributed by atoms with E-state index >= 15 is 0 Å². The number of hydrogen-bond acceptors (Lipinski definition) is 3. The lowest BCUT2D eigenvalue weighted by molar-refractivity contribution is -0.161. The van der Waals surface area contributed by atoms with Crippen molar-refractivity contribution in [1.29, 1.82) is 0 Å². The zero-order chi connectivity index (χ0) is 29.4. The van der Waals surface area contributed by atoms with E-state index in [9.17, 15) is 9.59 Å². The lowest BCUT2D eigenvalue weighted by Crippen LogP contribution is -2.39. The van der Waals surface area contributed by atoms with Gasteiger partial charge >= 0.3 is 11.9 Å². The molecule has 0 aliphatic rings. The fourth-order valence-corrected chi connectivity index (χ4v) is 5.92. The van der Waals surface area contributed by atoms with E-state index in [2.05, 4.69) is 41.5 Å². The Hall–Kier alpha value is -1.06. The molecule has 232 valence electrons. The van der Waals surface area contributed by atoms with Crippen molar-refractivity contribution in [3.63, 3.8) is 0 Å². The number of carboxylic acids is 1. The van der Waals surface area contributed by atoms with Gasteiger partial charge in [0, 0.05) is 6.42 Å². The lowest BCUT2D eigenvalue weighted by Gasteiger charge is -2.37. The van der Waals surface area contributed by atoms with Gasteiger partial charge in [-0.2, -0.15) is 0 Å². The smallest absolute Gasteiger partial charge is 0.312 e. The number of carboxylic acid groups (broad SMARTS) is 1. The summed E-state index contributed by atoms with van der Waals surface area (Å²) in [5.74, 6) is 0.825. The molecule has 0 aromatic carbocycles. The highest BCUT2D eigenvalue weighted by Crippen LogP contribution is 2.41. The molecule has 0 fully saturated rings. The number of carbonyl (C=O) groups excluding carboxylic acids is 1. The van der Waals surface area contributed by atoms with Gasteiger partial charge < -0.3 is 9.84 Å². The summed E-state index contributed by atoms with van der Waals surface area (Å²) in [6.07, 6.45) is 25.1. The van der Waals surface area contributed by atoms with Crippen molar-refractivity contribution in [2.24, 2.45) is 23.2 Å². The molecule has 0 amide bonds. The van der Waals surface area contributed by atoms with E-state index in [1.165, 1.54) is 89.9 Å². The predicted molar refractivity (Wildman–Crippen MR) is 167 cm³/mol. The first-order valence-corrected chi connectivity index (χ1v) is 17.1. The maximum absolute atomic E-state index is 13.6. The first-order valence-electron chi connectivity index (χ1n) is 17.1. The van der Waals surface area contributed by atoms with Crippen LogP contribution in [-0.2, 0) is 14.3 Å². The zero-order valence-electron chi connectivity index (χ0n) is 27.2. The average Bonchev–Trinajstić information content (AvgIpc) is 2.92. The SMILES string of the molecule is CCCCC(CC)COC(=O)C(C)(CC(CC)CCCC)C(C)CCCCCCCCCCCCCC(=O)O. The van der Waals surface area contributed by atoms with Crippen molar-refractivity contribution in [2.45, 2.75) is 183 Å². The Bertz CT molecular complexity index is 589. The van der Waals surface area contributed by atoms with Gasteiger partial charge in [0.2, 0.25) is 0 Å². The second-order valence-electron chi connectivity index (χ2n) is 12.8. The zero-order valence-corrected chi connectivity index (χ0v) is 27.2. The number of aliphatic carboxylic acids is 1. The molecule has 0 aromatic heterocycles. The summed E-state index contributed by atoms with van der Waals surface area (Å²) in [5, 5.41) is 8.69. The maximum Gasteiger partial charge on any atom is 0.312 e. The van der Waals surface area contributed by atoms with Gasteiger partial charge in [-0.1, -0.05) is 144 Å². The molecule has 0 rings (SSSR count). The highest BCUT2D eigenvalue weighted by atomic mass is 16.5. The number of hydrogen-bond donors (Lipinski definition) is 1. The third-order valence-corrected chi connectivity index (χ3v) is 9.33. The normalized spacial score (nSPS) is 15.4. The fraction of sp³-hybridized carbons (Fsp3) is 0.943. The Balaban J connectivity index is 4.58. The van der Waals surface area contributed by atoms with E-state index in [1.807, 2.05) is 0 Å². The standard InChI is InChI=1S/C35H68O4/c1-7-11-25-31(9-3)28-35(6,34(38)39-29-32(10-4)26-12-8-2)30(5)24-22-20-18-16-14-13-15-17-19-21-23-27-33(36)37/h30-32H,7-29H2,1-6H3,(H,36,37). The minimum Gasteiger partial charge on any atom is -0.481 e. The van der Waals surface area contributed by atoms with Gasteiger partial charge in [0.1, 0.15) is 0 Å². The summed E-state index contributed by atoms with van der Waals surface area (Å²) in [6.45, 7) is 14.1. The molecule has 0 aliphatic heterocycles. The molecule has 1 N–H and O–H groups in total. The first-order chi connectivity index (χ1) is 18.7. The Morgan fingerprint density at radius 3 is 1.59 bits per heavy atom. The molecule has 0 aromatic rings. The molecule has 0 spiro atoms. The lowest BCUT2D eigenvalue weighted by atomic mass is 9.69. The molecule has 0 saturated carbocycles. The molecule has 0 radical (unpaired) electrons. The van der Waals surface area contributed by atoms with Crippen LogP contribution in [0.15, 0.2) is 0 Å². The van der Waals surface area contributed by atoms with Gasteiger partial charge in [0.15, 0.2) is 0 Å². The highest BCUT2D eigenvalue weighted by Gasteiger charge is 2.41. The number of unbranched alkanes of at least 4 members (excludes halogenated alkanes) is 12. The summed E-state index contributed by atoms with van der Waals surface area (Å²) in [6, 6.07) is 0. The van der Waals surface area contributed by atoms with Crippen molar-refractivity contribution >= 4 is 11.9 Å². The molecule has 4 heteroatoms. The van der Waals surface area contributed by atoms with Gasteiger partial charge in [-0.05, 0) is 50.4 Å². The van der Waals surface area contributed by atoms with Crippen LogP contribution >= 0.6 is 0 Å². The fourth-order valence-electron chi connectivity index (χ4n) is 5.92. The van der Waals surface area contributed by atoms with Crippen molar-refractivity contribution in [3.05, 3.63) is 0 Å². The minimum atomic E-state index is -0.672. The number of ether oxygens (including phenoxy) is 1. The van der Waals surface area contributed by atoms with Gasteiger partial charge in [0.05, 0.1) is 12.0 Å². The van der Waals surface area contributed by atoms with Crippen molar-refractivity contribution in [3.8, 4) is 0 Å². The molecule has 0 bridgehead atoms. The second kappa shape index (κ2) is 24.7. The van der Waals surface area contributed by atoms with Gasteiger partial charge in [-0.3, -0.25) is 9.59 Å². The molecular formula is C35H68O4.